The van der Waals surface area contributed by atoms with Gasteiger partial charge in [-0.1, -0.05) is 6.07 Å². The van der Waals surface area contributed by atoms with Crippen molar-refractivity contribution in [2.45, 2.75) is 0 Å². The molecule has 0 fully saturated rings. The Morgan fingerprint density at radius 2 is 1.89 bits per heavy atom. The first-order valence-electron chi connectivity index (χ1n) is 5.16. The van der Waals surface area contributed by atoms with Crippen LogP contribution in [-0.4, -0.2) is 15.9 Å². The fourth-order valence-corrected chi connectivity index (χ4v) is 2.54. The van der Waals surface area contributed by atoms with Crippen molar-refractivity contribution in [2.75, 3.05) is 10.7 Å². The van der Waals surface area contributed by atoms with Crippen molar-refractivity contribution in [2.24, 2.45) is 5.84 Å². The van der Waals surface area contributed by atoms with Crippen molar-refractivity contribution < 1.29 is 4.79 Å². The smallest absolute Gasteiger partial charge is 0.276 e. The molecule has 0 aliphatic carbocycles. The third-order valence-corrected chi connectivity index (χ3v) is 3.54. The van der Waals surface area contributed by atoms with Gasteiger partial charge in [-0.3, -0.25) is 9.78 Å². The van der Waals surface area contributed by atoms with Crippen LogP contribution in [0.15, 0.2) is 39.5 Å². The summed E-state index contributed by atoms with van der Waals surface area (Å²) in [6, 6.07) is 5.50. The zero-order valence-electron chi connectivity index (χ0n) is 9.52. The predicted molar refractivity (Wildman–Crippen MR) is 79.6 cm³/mol. The van der Waals surface area contributed by atoms with Crippen LogP contribution in [0.2, 0.25) is 0 Å². The largest absolute Gasteiger partial charge is 0.319 e. The molecule has 0 unspecified atom stereocenters. The summed E-state index contributed by atoms with van der Waals surface area (Å²) >= 11 is 6.73. The number of aromatic nitrogens is 2. The minimum atomic E-state index is -0.378. The molecular formula is C11H9Br2N5O. The van der Waals surface area contributed by atoms with Gasteiger partial charge < -0.3 is 10.7 Å². The van der Waals surface area contributed by atoms with E-state index >= 15 is 0 Å². The lowest BCUT2D eigenvalue weighted by Crippen LogP contribution is -2.17. The lowest BCUT2D eigenvalue weighted by Gasteiger charge is -2.09. The molecule has 0 radical (unpaired) electrons. The van der Waals surface area contributed by atoms with Gasteiger partial charge in [0.2, 0.25) is 0 Å². The van der Waals surface area contributed by atoms with Gasteiger partial charge in [-0.15, -0.1) is 0 Å². The Balaban J connectivity index is 2.25. The summed E-state index contributed by atoms with van der Waals surface area (Å²) in [5, 5.41) is 2.74. The number of nitrogens with zero attached hydrogens (tertiary/aromatic N) is 2. The second kappa shape index (κ2) is 6.09. The molecule has 6 nitrogen and oxygen atoms in total. The van der Waals surface area contributed by atoms with E-state index in [4.69, 9.17) is 5.84 Å². The van der Waals surface area contributed by atoms with Gasteiger partial charge in [0, 0.05) is 8.95 Å². The molecule has 0 atom stereocenters. The number of rotatable bonds is 3. The number of anilines is 2. The van der Waals surface area contributed by atoms with Crippen molar-refractivity contribution in [3.8, 4) is 0 Å². The third-order valence-electron chi connectivity index (χ3n) is 2.22. The highest BCUT2D eigenvalue weighted by Crippen LogP contribution is 2.30. The number of nitrogens with two attached hydrogens (primary N) is 1. The lowest BCUT2D eigenvalue weighted by molar-refractivity contribution is 0.102. The fraction of sp³-hybridized carbons (Fsp3) is 0. The number of nitrogens with one attached hydrogen (secondary N) is 2. The van der Waals surface area contributed by atoms with Crippen LogP contribution in [0, 0.1) is 0 Å². The SMILES string of the molecule is NNc1cncc(C(=O)Nc2c(Br)cccc2Br)n1. The maximum Gasteiger partial charge on any atom is 0.276 e. The molecule has 0 saturated carbocycles. The van der Waals surface area contributed by atoms with Crippen LogP contribution < -0.4 is 16.6 Å². The molecule has 0 spiro atoms. The summed E-state index contributed by atoms with van der Waals surface area (Å²) in [7, 11) is 0. The molecule has 1 heterocycles. The summed E-state index contributed by atoms with van der Waals surface area (Å²) in [4.78, 5) is 19.9. The van der Waals surface area contributed by atoms with E-state index in [0.717, 1.165) is 8.95 Å². The van der Waals surface area contributed by atoms with E-state index < -0.39 is 0 Å². The highest BCUT2D eigenvalue weighted by Gasteiger charge is 2.12. The molecule has 8 heteroatoms. The number of carbonyl (C=O) groups is 1. The van der Waals surface area contributed by atoms with Gasteiger partial charge in [0.1, 0.15) is 5.69 Å². The normalized spacial score (nSPS) is 10.1. The molecule has 1 aromatic carbocycles. The van der Waals surface area contributed by atoms with Crippen LogP contribution >= 0.6 is 31.9 Å². The molecule has 0 saturated heterocycles. The molecular weight excluding hydrogens is 378 g/mol. The fourth-order valence-electron chi connectivity index (χ4n) is 1.34. The Morgan fingerprint density at radius 3 is 2.53 bits per heavy atom. The number of benzene rings is 1. The molecule has 1 amide bonds. The van der Waals surface area contributed by atoms with Crippen molar-refractivity contribution in [3.63, 3.8) is 0 Å². The summed E-state index contributed by atoms with van der Waals surface area (Å²) in [5.74, 6) is 5.16. The van der Waals surface area contributed by atoms with Crippen LogP contribution in [0.25, 0.3) is 0 Å². The number of hydrazine groups is 1. The summed E-state index contributed by atoms with van der Waals surface area (Å²) in [6.45, 7) is 0. The van der Waals surface area contributed by atoms with Crippen LogP contribution in [0.4, 0.5) is 11.5 Å². The van der Waals surface area contributed by atoms with Crippen LogP contribution in [0.1, 0.15) is 10.5 Å². The molecule has 0 aliphatic rings. The molecule has 2 aromatic rings. The monoisotopic (exact) mass is 385 g/mol. The Labute approximate surface area is 126 Å². The number of amides is 1. The second-order valence-corrected chi connectivity index (χ2v) is 5.19. The Morgan fingerprint density at radius 1 is 1.21 bits per heavy atom. The maximum atomic E-state index is 12.1. The van der Waals surface area contributed by atoms with Gasteiger partial charge in [0.05, 0.1) is 18.1 Å². The van der Waals surface area contributed by atoms with Crippen LogP contribution in [-0.2, 0) is 0 Å². The van der Waals surface area contributed by atoms with Crippen LogP contribution in [0.5, 0.6) is 0 Å². The van der Waals surface area contributed by atoms with Crippen molar-refractivity contribution in [1.29, 1.82) is 0 Å². The van der Waals surface area contributed by atoms with E-state index in [2.05, 4.69) is 52.6 Å². The average Bonchev–Trinajstić information content (AvgIpc) is 2.43. The molecule has 0 aliphatic heterocycles. The van der Waals surface area contributed by atoms with E-state index in [9.17, 15) is 4.79 Å². The lowest BCUT2D eigenvalue weighted by atomic mass is 10.3. The summed E-state index contributed by atoms with van der Waals surface area (Å²) < 4.78 is 1.52. The quantitative estimate of drug-likeness (QED) is 0.556. The zero-order chi connectivity index (χ0) is 13.8. The minimum Gasteiger partial charge on any atom is -0.319 e. The van der Waals surface area contributed by atoms with Gasteiger partial charge >= 0.3 is 0 Å². The number of hydrogen-bond donors (Lipinski definition) is 3. The van der Waals surface area contributed by atoms with Crippen molar-refractivity contribution >= 4 is 49.3 Å². The van der Waals surface area contributed by atoms with E-state index in [1.54, 1.807) is 0 Å². The molecule has 19 heavy (non-hydrogen) atoms. The molecule has 0 bridgehead atoms. The number of halogens is 2. The summed E-state index contributed by atoms with van der Waals surface area (Å²) in [6.07, 6.45) is 2.78. The Bertz CT molecular complexity index is 600. The minimum absolute atomic E-state index is 0.165. The molecule has 98 valence electrons. The first-order valence-corrected chi connectivity index (χ1v) is 6.74. The topological polar surface area (TPSA) is 92.9 Å². The maximum absolute atomic E-state index is 12.1. The second-order valence-electron chi connectivity index (χ2n) is 3.48. The van der Waals surface area contributed by atoms with Crippen molar-refractivity contribution in [1.82, 2.24) is 9.97 Å². The average molecular weight is 387 g/mol. The Hall–Kier alpha value is -1.51. The van der Waals surface area contributed by atoms with Gasteiger partial charge in [-0.2, -0.15) is 0 Å². The van der Waals surface area contributed by atoms with Gasteiger partial charge in [0.25, 0.3) is 5.91 Å². The highest BCUT2D eigenvalue weighted by molar-refractivity contribution is 9.11. The van der Waals surface area contributed by atoms with E-state index in [1.807, 2.05) is 18.2 Å². The van der Waals surface area contributed by atoms with Crippen molar-refractivity contribution in [3.05, 3.63) is 45.2 Å². The third kappa shape index (κ3) is 3.28. The highest BCUT2D eigenvalue weighted by atomic mass is 79.9. The number of hydrogen-bond acceptors (Lipinski definition) is 5. The zero-order valence-corrected chi connectivity index (χ0v) is 12.7. The van der Waals surface area contributed by atoms with Crippen LogP contribution in [0.3, 0.4) is 0 Å². The number of nitrogen functional groups attached to an aromatic ring is 1. The molecule has 4 N–H and O–H groups in total. The van der Waals surface area contributed by atoms with E-state index in [0.29, 0.717) is 11.5 Å². The number of para-hydroxylation sites is 1. The van der Waals surface area contributed by atoms with Gasteiger partial charge in [-0.05, 0) is 44.0 Å². The first-order chi connectivity index (χ1) is 9.11. The molecule has 2 rings (SSSR count). The number of carbonyl (C=O) groups excluding carboxylic acids is 1. The predicted octanol–water partition coefficient (Wildman–Crippen LogP) is 2.54. The van der Waals surface area contributed by atoms with E-state index in [1.165, 1.54) is 12.4 Å². The Kier molecular flexibility index (Phi) is 4.46. The van der Waals surface area contributed by atoms with E-state index in [-0.39, 0.29) is 11.6 Å². The van der Waals surface area contributed by atoms with Gasteiger partial charge in [-0.25, -0.2) is 10.8 Å². The first kappa shape index (κ1) is 13.9. The molecule has 1 aromatic heterocycles. The van der Waals surface area contributed by atoms with Gasteiger partial charge in [0.15, 0.2) is 5.82 Å². The standard InChI is InChI=1S/C11H9Br2N5O/c12-6-2-1-3-7(13)10(6)17-11(19)8-4-15-5-9(16-8)18-14/h1-5H,14H2,(H,16,18)(H,17,19). The summed E-state index contributed by atoms with van der Waals surface area (Å²) in [5.41, 5.74) is 3.13.